The quantitative estimate of drug-likeness (QED) is 0.941. The number of rotatable bonds is 3. The van der Waals surface area contributed by atoms with Gasteiger partial charge in [0.15, 0.2) is 17.0 Å². The fraction of sp³-hybridized carbons (Fsp3) is 0.706. The number of hydrogen-bond acceptors (Lipinski definition) is 5. The third-order valence-electron chi connectivity index (χ3n) is 5.65. The summed E-state index contributed by atoms with van der Waals surface area (Å²) in [6, 6.07) is 0. The number of aliphatic hydroxyl groups excluding tert-OH is 1. The van der Waals surface area contributed by atoms with Gasteiger partial charge in [-0.25, -0.2) is 15.0 Å². The first-order valence-corrected chi connectivity index (χ1v) is 8.86. The zero-order valence-electron chi connectivity index (χ0n) is 13.7. The van der Waals surface area contributed by atoms with Gasteiger partial charge in [-0.1, -0.05) is 25.7 Å². The molecule has 4 rings (SSSR count). The van der Waals surface area contributed by atoms with Crippen molar-refractivity contribution in [3.8, 4) is 0 Å². The maximum atomic E-state index is 10.5. The number of imidazole rings is 1. The highest BCUT2D eigenvalue weighted by Gasteiger charge is 2.36. The molecule has 0 unspecified atom stereocenters. The van der Waals surface area contributed by atoms with Gasteiger partial charge in [-0.2, -0.15) is 0 Å². The first-order chi connectivity index (χ1) is 11.3. The second-order valence-corrected chi connectivity index (χ2v) is 6.91. The minimum Gasteiger partial charge on any atom is -0.393 e. The van der Waals surface area contributed by atoms with Crippen molar-refractivity contribution in [3.63, 3.8) is 0 Å². The summed E-state index contributed by atoms with van der Waals surface area (Å²) >= 11 is 0. The molecule has 6 nitrogen and oxygen atoms in total. The van der Waals surface area contributed by atoms with Crippen molar-refractivity contribution in [1.82, 2.24) is 19.5 Å². The van der Waals surface area contributed by atoms with Crippen molar-refractivity contribution in [1.29, 1.82) is 0 Å². The molecule has 3 heterocycles. The zero-order chi connectivity index (χ0) is 15.8. The molecule has 2 atom stereocenters. The molecule has 0 aromatic carbocycles. The molecule has 6 heteroatoms. The molecule has 0 amide bonds. The molecule has 2 aromatic heterocycles. The van der Waals surface area contributed by atoms with Gasteiger partial charge in [0.25, 0.3) is 0 Å². The van der Waals surface area contributed by atoms with E-state index in [1.807, 2.05) is 10.9 Å². The molecule has 2 fully saturated rings. The van der Waals surface area contributed by atoms with Crippen LogP contribution in [0.4, 0.5) is 5.82 Å². The molecule has 2 aromatic rings. The standard InChI is InChI=1S/C17H25N5O/c1-2-21-11-20-15-16(21)18-10-19-17(15)22-8-7-14(23)13(9-22)12-5-3-4-6-12/h10-14,23H,2-9H2,1H3/t13-,14+/m0/s1. The molecule has 1 aliphatic carbocycles. The number of nitrogens with zero attached hydrogens (tertiary/aromatic N) is 5. The Labute approximate surface area is 136 Å². The zero-order valence-corrected chi connectivity index (χ0v) is 13.7. The van der Waals surface area contributed by atoms with Gasteiger partial charge in [-0.3, -0.25) is 0 Å². The number of hydrogen-bond donors (Lipinski definition) is 1. The molecule has 1 saturated carbocycles. The van der Waals surface area contributed by atoms with Crippen molar-refractivity contribution >= 4 is 17.0 Å². The molecule has 0 radical (unpaired) electrons. The van der Waals surface area contributed by atoms with E-state index in [1.54, 1.807) is 6.33 Å². The van der Waals surface area contributed by atoms with Crippen LogP contribution in [0, 0.1) is 11.8 Å². The van der Waals surface area contributed by atoms with E-state index in [0.717, 1.165) is 43.0 Å². The average molecular weight is 315 g/mol. The third-order valence-corrected chi connectivity index (χ3v) is 5.65. The van der Waals surface area contributed by atoms with Gasteiger partial charge in [0.05, 0.1) is 12.4 Å². The van der Waals surface area contributed by atoms with E-state index in [1.165, 1.54) is 25.7 Å². The van der Waals surface area contributed by atoms with Crippen LogP contribution in [-0.4, -0.2) is 43.8 Å². The minimum atomic E-state index is -0.167. The molecule has 0 bridgehead atoms. The molecule has 23 heavy (non-hydrogen) atoms. The Morgan fingerprint density at radius 3 is 2.78 bits per heavy atom. The number of aromatic nitrogens is 4. The molecule has 0 spiro atoms. The third kappa shape index (κ3) is 2.59. The Morgan fingerprint density at radius 2 is 2.00 bits per heavy atom. The molecular weight excluding hydrogens is 290 g/mol. The maximum Gasteiger partial charge on any atom is 0.165 e. The summed E-state index contributed by atoms with van der Waals surface area (Å²) in [5, 5.41) is 10.5. The van der Waals surface area contributed by atoms with Gasteiger partial charge >= 0.3 is 0 Å². The lowest BCUT2D eigenvalue weighted by atomic mass is 9.82. The first-order valence-electron chi connectivity index (χ1n) is 8.86. The summed E-state index contributed by atoms with van der Waals surface area (Å²) in [6.45, 7) is 4.68. The summed E-state index contributed by atoms with van der Waals surface area (Å²) in [4.78, 5) is 15.8. The summed E-state index contributed by atoms with van der Waals surface area (Å²) < 4.78 is 2.05. The van der Waals surface area contributed by atoms with Crippen molar-refractivity contribution in [2.75, 3.05) is 18.0 Å². The highest BCUT2D eigenvalue weighted by molar-refractivity contribution is 5.83. The SMILES string of the molecule is CCn1cnc2c(N3CC[C@@H](O)[C@H](C4CCCC4)C3)ncnc21. The van der Waals surface area contributed by atoms with Crippen LogP contribution in [0.15, 0.2) is 12.7 Å². The number of anilines is 1. The predicted molar refractivity (Wildman–Crippen MR) is 89.3 cm³/mol. The Kier molecular flexibility index (Phi) is 3.93. The fourth-order valence-electron chi connectivity index (χ4n) is 4.34. The van der Waals surface area contributed by atoms with E-state index in [0.29, 0.717) is 11.8 Å². The largest absolute Gasteiger partial charge is 0.393 e. The van der Waals surface area contributed by atoms with Crippen molar-refractivity contribution < 1.29 is 5.11 Å². The summed E-state index contributed by atoms with van der Waals surface area (Å²) in [5.41, 5.74) is 1.79. The van der Waals surface area contributed by atoms with E-state index in [9.17, 15) is 5.11 Å². The van der Waals surface area contributed by atoms with Gasteiger partial charge in [0, 0.05) is 25.6 Å². The van der Waals surface area contributed by atoms with Gasteiger partial charge in [-0.15, -0.1) is 0 Å². The number of aryl methyl sites for hydroxylation is 1. The lowest BCUT2D eigenvalue weighted by molar-refractivity contribution is 0.0562. The van der Waals surface area contributed by atoms with Crippen LogP contribution in [0.25, 0.3) is 11.2 Å². The van der Waals surface area contributed by atoms with Crippen molar-refractivity contribution in [2.24, 2.45) is 11.8 Å². The van der Waals surface area contributed by atoms with Crippen LogP contribution in [0.5, 0.6) is 0 Å². The molecule has 1 aliphatic heterocycles. The van der Waals surface area contributed by atoms with E-state index in [4.69, 9.17) is 0 Å². The van der Waals surface area contributed by atoms with Crippen LogP contribution in [-0.2, 0) is 6.54 Å². The highest BCUT2D eigenvalue weighted by Crippen LogP contribution is 2.37. The lowest BCUT2D eigenvalue weighted by Crippen LogP contribution is -2.46. The first kappa shape index (κ1) is 14.9. The van der Waals surface area contributed by atoms with Crippen LogP contribution in [0.2, 0.25) is 0 Å². The van der Waals surface area contributed by atoms with Gasteiger partial charge in [0.2, 0.25) is 0 Å². The van der Waals surface area contributed by atoms with Gasteiger partial charge < -0.3 is 14.6 Å². The number of piperidine rings is 1. The second kappa shape index (κ2) is 6.07. The molecule has 1 saturated heterocycles. The highest BCUT2D eigenvalue weighted by atomic mass is 16.3. The minimum absolute atomic E-state index is 0.167. The van der Waals surface area contributed by atoms with Crippen LogP contribution in [0.3, 0.4) is 0 Å². The van der Waals surface area contributed by atoms with Crippen molar-refractivity contribution in [3.05, 3.63) is 12.7 Å². The molecular formula is C17H25N5O. The van der Waals surface area contributed by atoms with Crippen LogP contribution >= 0.6 is 0 Å². The molecule has 2 aliphatic rings. The van der Waals surface area contributed by atoms with Crippen LogP contribution < -0.4 is 4.90 Å². The molecule has 1 N–H and O–H groups in total. The lowest BCUT2D eigenvalue weighted by Gasteiger charge is -2.39. The maximum absolute atomic E-state index is 10.5. The fourth-order valence-corrected chi connectivity index (χ4v) is 4.34. The Hall–Kier alpha value is -1.69. The van der Waals surface area contributed by atoms with Gasteiger partial charge in [0.1, 0.15) is 6.33 Å². The number of aliphatic hydroxyl groups is 1. The normalized spacial score (nSPS) is 26.3. The summed E-state index contributed by atoms with van der Waals surface area (Å²) in [7, 11) is 0. The Balaban J connectivity index is 1.63. The van der Waals surface area contributed by atoms with Gasteiger partial charge in [-0.05, 0) is 19.3 Å². The van der Waals surface area contributed by atoms with E-state index >= 15 is 0 Å². The monoisotopic (exact) mass is 315 g/mol. The van der Waals surface area contributed by atoms with Crippen LogP contribution in [0.1, 0.15) is 39.0 Å². The molecule has 124 valence electrons. The topological polar surface area (TPSA) is 67.1 Å². The Morgan fingerprint density at radius 1 is 1.17 bits per heavy atom. The summed E-state index contributed by atoms with van der Waals surface area (Å²) in [6.07, 6.45) is 9.29. The number of fused-ring (bicyclic) bond motifs is 1. The van der Waals surface area contributed by atoms with E-state index < -0.39 is 0 Å². The van der Waals surface area contributed by atoms with Crippen molar-refractivity contribution in [2.45, 2.75) is 51.7 Å². The smallest absolute Gasteiger partial charge is 0.165 e. The van der Waals surface area contributed by atoms with E-state index in [2.05, 4.69) is 26.8 Å². The average Bonchev–Trinajstić information content (AvgIpc) is 3.24. The second-order valence-electron chi connectivity index (χ2n) is 6.91. The predicted octanol–water partition coefficient (Wildman–Crippen LogP) is 2.22. The summed E-state index contributed by atoms with van der Waals surface area (Å²) in [5.74, 6) is 1.96. The van der Waals surface area contributed by atoms with E-state index in [-0.39, 0.29) is 6.10 Å². The Bertz CT molecular complexity index is 679.